The highest BCUT2D eigenvalue weighted by Crippen LogP contribution is 2.61. The van der Waals surface area contributed by atoms with Crippen molar-refractivity contribution in [3.05, 3.63) is 316 Å². The first kappa shape index (κ1) is 42.9. The van der Waals surface area contributed by atoms with Gasteiger partial charge in [-0.15, -0.1) is 0 Å². The minimum Gasteiger partial charge on any atom is -0.310 e. The third-order valence-corrected chi connectivity index (χ3v) is 17.6. The molecule has 15 rings (SSSR count). The van der Waals surface area contributed by atoms with Gasteiger partial charge < -0.3 is 4.90 Å². The minimum absolute atomic E-state index is 0.133. The summed E-state index contributed by atoms with van der Waals surface area (Å²) >= 11 is 0. The maximum absolute atomic E-state index is 2.54. The van der Waals surface area contributed by atoms with Crippen molar-refractivity contribution in [1.29, 1.82) is 0 Å². The fourth-order valence-electron chi connectivity index (χ4n) is 14.5. The predicted octanol–water partition coefficient (Wildman–Crippen LogP) is 18.4. The number of fused-ring (bicyclic) bond motifs is 13. The molecule has 0 heterocycles. The first-order chi connectivity index (χ1) is 36.5. The van der Waals surface area contributed by atoms with Crippen molar-refractivity contribution in [1.82, 2.24) is 0 Å². The van der Waals surface area contributed by atoms with Crippen molar-refractivity contribution >= 4 is 17.1 Å². The number of anilines is 3. The van der Waals surface area contributed by atoms with Crippen LogP contribution in [-0.2, 0) is 22.7 Å². The zero-order valence-corrected chi connectivity index (χ0v) is 41.7. The van der Waals surface area contributed by atoms with Crippen LogP contribution in [-0.4, -0.2) is 0 Å². The zero-order chi connectivity index (χ0) is 49.2. The lowest BCUT2D eigenvalue weighted by molar-refractivity contribution is 0.626. The summed E-state index contributed by atoms with van der Waals surface area (Å²) in [4.78, 5) is 2.53. The number of aryl methyl sites for hydroxylation is 1. The minimum atomic E-state index is -0.533. The summed E-state index contributed by atoms with van der Waals surface area (Å²) in [7, 11) is 0. The second kappa shape index (κ2) is 16.1. The van der Waals surface area contributed by atoms with E-state index < -0.39 is 5.41 Å². The SMILES string of the molecule is CC1(C)c2ccccc2-c2cccc(-c3ccccc3-c3ccc(N(c4ccc5c(c4)C4(CCc6ccccc64)c4ccccc4-5)c4ccc5c(c4)C(c4ccccc4)(c4ccccc4)c4ccccc4-5)cc3)c21. The third kappa shape index (κ3) is 5.87. The quantitative estimate of drug-likeness (QED) is 0.154. The third-order valence-electron chi connectivity index (χ3n) is 17.6. The first-order valence-electron chi connectivity index (χ1n) is 26.4. The smallest absolute Gasteiger partial charge is 0.0714 e. The zero-order valence-electron chi connectivity index (χ0n) is 41.7. The molecule has 1 nitrogen and oxygen atoms in total. The van der Waals surface area contributed by atoms with E-state index in [-0.39, 0.29) is 10.8 Å². The molecule has 0 amide bonds. The molecule has 0 radical (unpaired) electrons. The van der Waals surface area contributed by atoms with Crippen LogP contribution < -0.4 is 4.90 Å². The topological polar surface area (TPSA) is 3.24 Å². The van der Waals surface area contributed by atoms with E-state index in [9.17, 15) is 0 Å². The van der Waals surface area contributed by atoms with Crippen LogP contribution in [0.25, 0.3) is 55.6 Å². The molecule has 11 aromatic rings. The summed E-state index contributed by atoms with van der Waals surface area (Å²) in [6, 6.07) is 98.6. The molecule has 0 aliphatic heterocycles. The van der Waals surface area contributed by atoms with E-state index in [0.29, 0.717) is 0 Å². The Bertz CT molecular complexity index is 4010. The maximum atomic E-state index is 2.54. The highest BCUT2D eigenvalue weighted by molar-refractivity contribution is 5.95. The van der Waals surface area contributed by atoms with Gasteiger partial charge in [-0.1, -0.05) is 238 Å². The highest BCUT2D eigenvalue weighted by atomic mass is 15.1. The average Bonchev–Trinajstić information content (AvgIpc) is 4.17. The van der Waals surface area contributed by atoms with Gasteiger partial charge in [-0.25, -0.2) is 0 Å². The van der Waals surface area contributed by atoms with Gasteiger partial charge in [0, 0.05) is 27.9 Å². The van der Waals surface area contributed by atoms with Crippen LogP contribution in [0.5, 0.6) is 0 Å². The van der Waals surface area contributed by atoms with Crippen LogP contribution in [0.15, 0.2) is 261 Å². The molecule has 0 saturated heterocycles. The highest BCUT2D eigenvalue weighted by Gasteiger charge is 2.49. The van der Waals surface area contributed by atoms with Gasteiger partial charge >= 0.3 is 0 Å². The molecule has 0 N–H and O–H groups in total. The second-order valence-corrected chi connectivity index (χ2v) is 21.4. The van der Waals surface area contributed by atoms with Crippen LogP contribution >= 0.6 is 0 Å². The Kier molecular flexibility index (Phi) is 9.33. The Morgan fingerprint density at radius 3 is 1.42 bits per heavy atom. The lowest BCUT2D eigenvalue weighted by Gasteiger charge is -2.35. The Labute approximate surface area is 434 Å². The fraction of sp³-hybridized carbons (Fsp3) is 0.0959. The summed E-state index contributed by atoms with van der Waals surface area (Å²) in [5, 5.41) is 0. The fourth-order valence-corrected chi connectivity index (χ4v) is 14.5. The number of hydrogen-bond acceptors (Lipinski definition) is 1. The summed E-state index contributed by atoms with van der Waals surface area (Å²) in [5.74, 6) is 0. The Balaban J connectivity index is 0.935. The van der Waals surface area contributed by atoms with Gasteiger partial charge in [0.05, 0.1) is 5.41 Å². The number of rotatable bonds is 7. The van der Waals surface area contributed by atoms with Crippen LogP contribution in [0.2, 0.25) is 0 Å². The largest absolute Gasteiger partial charge is 0.310 e. The van der Waals surface area contributed by atoms with Crippen molar-refractivity contribution in [3.63, 3.8) is 0 Å². The van der Waals surface area contributed by atoms with Crippen LogP contribution in [0.1, 0.15) is 75.9 Å². The van der Waals surface area contributed by atoms with Crippen molar-refractivity contribution in [2.75, 3.05) is 4.90 Å². The molecule has 1 unspecified atom stereocenters. The standard InChI is InChI=1S/C73H53N/c1-71(2)65-33-16-12-29-59(65)63-31-19-30-62(70(63)71)56-26-11-10-25-55(56)48-36-38-52(39-37-48)74(53-40-42-60-57-27-13-17-34-66(57)72(68(60)46-53)45-44-49-20-9-15-32-64(49)72)54-41-43-61-58-28-14-18-35-67(58)73(69(61)47-54,50-21-5-3-6-22-50)51-23-7-4-8-24-51/h3-43,46-47H,44-45H2,1-2H3. The molecular formula is C73H53N. The number of benzene rings is 11. The monoisotopic (exact) mass is 943 g/mol. The summed E-state index contributed by atoms with van der Waals surface area (Å²) in [5.41, 5.74) is 29.0. The van der Waals surface area contributed by atoms with Gasteiger partial charge in [0.15, 0.2) is 0 Å². The molecule has 1 spiro atoms. The van der Waals surface area contributed by atoms with E-state index in [1.165, 1.54) is 111 Å². The molecule has 4 aliphatic rings. The first-order valence-corrected chi connectivity index (χ1v) is 26.4. The normalized spacial score (nSPS) is 16.4. The average molecular weight is 944 g/mol. The van der Waals surface area contributed by atoms with Gasteiger partial charge in [-0.3, -0.25) is 0 Å². The lowest BCUT2D eigenvalue weighted by Crippen LogP contribution is -2.28. The van der Waals surface area contributed by atoms with E-state index in [0.717, 1.165) is 29.9 Å². The molecule has 1 atom stereocenters. The van der Waals surface area contributed by atoms with E-state index in [4.69, 9.17) is 0 Å². The Morgan fingerprint density at radius 1 is 0.311 bits per heavy atom. The van der Waals surface area contributed by atoms with E-state index in [1.54, 1.807) is 0 Å². The van der Waals surface area contributed by atoms with Crippen molar-refractivity contribution in [2.45, 2.75) is 42.9 Å². The van der Waals surface area contributed by atoms with E-state index >= 15 is 0 Å². The van der Waals surface area contributed by atoms with Gasteiger partial charge in [0.1, 0.15) is 0 Å². The molecule has 350 valence electrons. The van der Waals surface area contributed by atoms with Crippen molar-refractivity contribution < 1.29 is 0 Å². The summed E-state index contributed by atoms with van der Waals surface area (Å²) in [6.07, 6.45) is 2.11. The summed E-state index contributed by atoms with van der Waals surface area (Å²) in [6.45, 7) is 4.78. The molecule has 0 aromatic heterocycles. The molecule has 4 aliphatic carbocycles. The van der Waals surface area contributed by atoms with E-state index in [1.807, 2.05) is 0 Å². The van der Waals surface area contributed by atoms with Crippen LogP contribution in [0.3, 0.4) is 0 Å². The molecular weight excluding hydrogens is 891 g/mol. The van der Waals surface area contributed by atoms with Crippen LogP contribution in [0, 0.1) is 0 Å². The number of hydrogen-bond donors (Lipinski definition) is 0. The molecule has 1 heteroatoms. The molecule has 0 bridgehead atoms. The molecule has 0 fully saturated rings. The van der Waals surface area contributed by atoms with Crippen LogP contribution in [0.4, 0.5) is 17.1 Å². The molecule has 11 aromatic carbocycles. The predicted molar refractivity (Wildman–Crippen MR) is 307 cm³/mol. The Morgan fingerprint density at radius 2 is 0.757 bits per heavy atom. The summed E-state index contributed by atoms with van der Waals surface area (Å²) < 4.78 is 0. The second-order valence-electron chi connectivity index (χ2n) is 21.4. The number of nitrogens with zero attached hydrogens (tertiary/aromatic N) is 1. The maximum Gasteiger partial charge on any atom is 0.0714 e. The lowest BCUT2D eigenvalue weighted by atomic mass is 9.67. The van der Waals surface area contributed by atoms with Crippen molar-refractivity contribution in [3.8, 4) is 55.6 Å². The van der Waals surface area contributed by atoms with Gasteiger partial charge in [-0.05, 0) is 161 Å². The van der Waals surface area contributed by atoms with Gasteiger partial charge in [0.25, 0.3) is 0 Å². The van der Waals surface area contributed by atoms with Gasteiger partial charge in [-0.2, -0.15) is 0 Å². The van der Waals surface area contributed by atoms with E-state index in [2.05, 4.69) is 280 Å². The molecule has 0 saturated carbocycles. The molecule has 74 heavy (non-hydrogen) atoms. The van der Waals surface area contributed by atoms with Crippen molar-refractivity contribution in [2.24, 2.45) is 0 Å². The Hall–Kier alpha value is -8.78. The van der Waals surface area contributed by atoms with Gasteiger partial charge in [0.2, 0.25) is 0 Å².